The normalized spacial score (nSPS) is 11.0. The molecule has 0 amide bonds. The number of pyridine rings is 2. The van der Waals surface area contributed by atoms with Crippen molar-refractivity contribution in [3.63, 3.8) is 0 Å². The zero-order chi connectivity index (χ0) is 16.0. The van der Waals surface area contributed by atoms with E-state index in [1.165, 1.54) is 30.6 Å². The zero-order valence-electron chi connectivity index (χ0n) is 11.3. The molecule has 0 radical (unpaired) electrons. The Morgan fingerprint density at radius 2 is 1.91 bits per heavy atom. The number of anilines is 1. The summed E-state index contributed by atoms with van der Waals surface area (Å²) in [4.78, 5) is 19.0. The van der Waals surface area contributed by atoms with E-state index in [0.717, 1.165) is 12.3 Å². The van der Waals surface area contributed by atoms with Gasteiger partial charge in [-0.3, -0.25) is 4.98 Å². The Bertz CT molecular complexity index is 615. The maximum Gasteiger partial charge on any atom is 0.417 e. The second-order valence-electron chi connectivity index (χ2n) is 4.23. The molecule has 22 heavy (non-hydrogen) atoms. The van der Waals surface area contributed by atoms with Crippen LogP contribution in [0.4, 0.5) is 19.0 Å². The average molecular weight is 311 g/mol. The number of nitrogens with zero attached hydrogens (tertiary/aromatic N) is 2. The van der Waals surface area contributed by atoms with E-state index in [2.05, 4.69) is 15.3 Å². The van der Waals surface area contributed by atoms with Crippen LogP contribution in [0, 0.1) is 0 Å². The molecule has 0 aliphatic carbocycles. The number of hydrogen-bond acceptors (Lipinski definition) is 5. The molecule has 2 aromatic rings. The van der Waals surface area contributed by atoms with Crippen molar-refractivity contribution < 1.29 is 22.7 Å². The van der Waals surface area contributed by atoms with Crippen molar-refractivity contribution in [3.8, 4) is 0 Å². The van der Waals surface area contributed by atoms with E-state index < -0.39 is 17.7 Å². The predicted molar refractivity (Wildman–Crippen MR) is 72.2 cm³/mol. The highest BCUT2D eigenvalue weighted by Crippen LogP contribution is 2.28. The molecule has 2 aromatic heterocycles. The molecule has 0 aliphatic rings. The van der Waals surface area contributed by atoms with E-state index >= 15 is 0 Å². The Hall–Kier alpha value is -2.64. The van der Waals surface area contributed by atoms with Crippen molar-refractivity contribution in [2.45, 2.75) is 6.18 Å². The smallest absolute Gasteiger partial charge is 0.417 e. The molecule has 0 unspecified atom stereocenters. The molecular formula is C14H12F3N3O2. The standard InChI is InChI=1S/C14H12F3N3O2/c15-14(16,17)11-1-2-12(20-9-11)19-7-8-22-13(21)10-3-5-18-6-4-10/h1-6,9H,7-8H2,(H,19,20). The van der Waals surface area contributed by atoms with Gasteiger partial charge >= 0.3 is 12.1 Å². The van der Waals surface area contributed by atoms with Gasteiger partial charge in [0.25, 0.3) is 0 Å². The lowest BCUT2D eigenvalue weighted by atomic mass is 10.3. The number of carbonyl (C=O) groups excluding carboxylic acids is 1. The first kappa shape index (κ1) is 15.7. The Balaban J connectivity index is 1.76. The number of alkyl halides is 3. The summed E-state index contributed by atoms with van der Waals surface area (Å²) >= 11 is 0. The number of hydrogen-bond donors (Lipinski definition) is 1. The summed E-state index contributed by atoms with van der Waals surface area (Å²) in [6.07, 6.45) is -0.723. The van der Waals surface area contributed by atoms with Gasteiger partial charge in [-0.15, -0.1) is 0 Å². The molecule has 5 nitrogen and oxygen atoms in total. The maximum atomic E-state index is 12.4. The second-order valence-corrected chi connectivity index (χ2v) is 4.23. The average Bonchev–Trinajstić information content (AvgIpc) is 2.52. The minimum absolute atomic E-state index is 0.0594. The molecule has 0 fully saturated rings. The summed E-state index contributed by atoms with van der Waals surface area (Å²) < 4.78 is 42.1. The fourth-order valence-electron chi connectivity index (χ4n) is 1.56. The zero-order valence-corrected chi connectivity index (χ0v) is 11.3. The minimum Gasteiger partial charge on any atom is -0.460 e. The van der Waals surface area contributed by atoms with Gasteiger partial charge in [-0.25, -0.2) is 9.78 Å². The summed E-state index contributed by atoms with van der Waals surface area (Å²) in [5.74, 6) is -0.225. The highest BCUT2D eigenvalue weighted by atomic mass is 19.4. The van der Waals surface area contributed by atoms with Gasteiger partial charge in [0.05, 0.1) is 17.7 Å². The number of carbonyl (C=O) groups is 1. The van der Waals surface area contributed by atoms with Crippen LogP contribution < -0.4 is 5.32 Å². The van der Waals surface area contributed by atoms with Crippen molar-refractivity contribution >= 4 is 11.8 Å². The Morgan fingerprint density at radius 1 is 1.18 bits per heavy atom. The van der Waals surface area contributed by atoms with Crippen molar-refractivity contribution in [3.05, 3.63) is 54.0 Å². The van der Waals surface area contributed by atoms with Crippen LogP contribution in [0.5, 0.6) is 0 Å². The van der Waals surface area contributed by atoms with Crippen LogP contribution in [0.25, 0.3) is 0 Å². The summed E-state index contributed by atoms with van der Waals surface area (Å²) in [6.45, 7) is 0.291. The third-order valence-electron chi connectivity index (χ3n) is 2.65. The lowest BCUT2D eigenvalue weighted by molar-refractivity contribution is -0.137. The van der Waals surface area contributed by atoms with Crippen LogP contribution in [0.3, 0.4) is 0 Å². The van der Waals surface area contributed by atoms with Crippen LogP contribution in [0.2, 0.25) is 0 Å². The molecule has 8 heteroatoms. The predicted octanol–water partition coefficient (Wildman–Crippen LogP) is 2.76. The fraction of sp³-hybridized carbons (Fsp3) is 0.214. The van der Waals surface area contributed by atoms with Crippen molar-refractivity contribution in [2.24, 2.45) is 0 Å². The molecular weight excluding hydrogens is 299 g/mol. The molecule has 2 heterocycles. The fourth-order valence-corrected chi connectivity index (χ4v) is 1.56. The monoisotopic (exact) mass is 311 g/mol. The minimum atomic E-state index is -4.41. The molecule has 0 spiro atoms. The van der Waals surface area contributed by atoms with Crippen molar-refractivity contribution in [1.29, 1.82) is 0 Å². The molecule has 0 saturated carbocycles. The topological polar surface area (TPSA) is 64.1 Å². The van der Waals surface area contributed by atoms with E-state index in [1.54, 1.807) is 0 Å². The number of aromatic nitrogens is 2. The molecule has 116 valence electrons. The van der Waals surface area contributed by atoms with E-state index in [9.17, 15) is 18.0 Å². The summed E-state index contributed by atoms with van der Waals surface area (Å²) in [5.41, 5.74) is -0.440. The molecule has 0 aliphatic heterocycles. The number of nitrogens with one attached hydrogen (secondary N) is 1. The van der Waals surface area contributed by atoms with E-state index in [4.69, 9.17) is 4.74 Å². The third kappa shape index (κ3) is 4.44. The highest BCUT2D eigenvalue weighted by Gasteiger charge is 2.30. The molecule has 1 N–H and O–H groups in total. The number of halogens is 3. The van der Waals surface area contributed by atoms with Gasteiger partial charge in [-0.05, 0) is 24.3 Å². The first-order valence-electron chi connectivity index (χ1n) is 6.31. The third-order valence-corrected chi connectivity index (χ3v) is 2.65. The van der Waals surface area contributed by atoms with Gasteiger partial charge in [0.1, 0.15) is 12.4 Å². The number of ether oxygens (including phenoxy) is 1. The molecule has 2 rings (SSSR count). The van der Waals surface area contributed by atoms with Gasteiger partial charge < -0.3 is 10.1 Å². The van der Waals surface area contributed by atoms with Crippen LogP contribution in [0.15, 0.2) is 42.9 Å². The lowest BCUT2D eigenvalue weighted by Crippen LogP contribution is -2.15. The summed E-state index contributed by atoms with van der Waals surface area (Å²) in [7, 11) is 0. The number of esters is 1. The van der Waals surface area contributed by atoms with Gasteiger partial charge in [0.15, 0.2) is 0 Å². The first-order chi connectivity index (χ1) is 10.5. The molecule has 0 saturated heterocycles. The van der Waals surface area contributed by atoms with Gasteiger partial charge in [-0.1, -0.05) is 0 Å². The Labute approximate surface area is 124 Å². The largest absolute Gasteiger partial charge is 0.460 e. The van der Waals surface area contributed by atoms with E-state index in [1.807, 2.05) is 0 Å². The second kappa shape index (κ2) is 6.88. The SMILES string of the molecule is O=C(OCCNc1ccc(C(F)(F)F)cn1)c1ccncc1. The highest BCUT2D eigenvalue weighted by molar-refractivity contribution is 5.89. The van der Waals surface area contributed by atoms with Crippen molar-refractivity contribution in [2.75, 3.05) is 18.5 Å². The molecule has 0 atom stereocenters. The van der Waals surface area contributed by atoms with Gasteiger partial charge in [0, 0.05) is 18.6 Å². The van der Waals surface area contributed by atoms with E-state index in [0.29, 0.717) is 5.56 Å². The van der Waals surface area contributed by atoms with Crippen LogP contribution >= 0.6 is 0 Å². The Kier molecular flexibility index (Phi) is 4.92. The van der Waals surface area contributed by atoms with Crippen molar-refractivity contribution in [1.82, 2.24) is 9.97 Å². The number of rotatable bonds is 5. The van der Waals surface area contributed by atoms with E-state index in [-0.39, 0.29) is 19.0 Å². The lowest BCUT2D eigenvalue weighted by Gasteiger charge is -2.09. The summed E-state index contributed by atoms with van der Waals surface area (Å²) in [6, 6.07) is 5.19. The maximum absolute atomic E-state index is 12.4. The van der Waals surface area contributed by atoms with Crippen LogP contribution in [-0.2, 0) is 10.9 Å². The molecule has 0 bridgehead atoms. The quantitative estimate of drug-likeness (QED) is 0.679. The first-order valence-corrected chi connectivity index (χ1v) is 6.31. The van der Waals surface area contributed by atoms with Crippen LogP contribution in [0.1, 0.15) is 15.9 Å². The molecule has 0 aromatic carbocycles. The van der Waals surface area contributed by atoms with Gasteiger partial charge in [0.2, 0.25) is 0 Å². The Morgan fingerprint density at radius 3 is 2.50 bits per heavy atom. The van der Waals surface area contributed by atoms with Crippen LogP contribution in [-0.4, -0.2) is 29.1 Å². The van der Waals surface area contributed by atoms with Gasteiger partial charge in [-0.2, -0.15) is 13.2 Å². The summed E-state index contributed by atoms with van der Waals surface area (Å²) in [5, 5.41) is 2.76.